The van der Waals surface area contributed by atoms with Crippen LogP contribution in [0.1, 0.15) is 36.5 Å². The molecule has 0 bridgehead atoms. The highest BCUT2D eigenvalue weighted by atomic mass is 19.3. The van der Waals surface area contributed by atoms with Gasteiger partial charge in [-0.2, -0.15) is 13.9 Å². The van der Waals surface area contributed by atoms with E-state index < -0.39 is 17.5 Å². The molecule has 1 spiro atoms. The first-order valence-corrected chi connectivity index (χ1v) is 10.8. The lowest BCUT2D eigenvalue weighted by molar-refractivity contribution is 0.0130. The molecule has 1 aliphatic carbocycles. The van der Waals surface area contributed by atoms with E-state index in [1.165, 1.54) is 22.4 Å². The van der Waals surface area contributed by atoms with Crippen LogP contribution in [0.4, 0.5) is 20.4 Å². The van der Waals surface area contributed by atoms with E-state index in [0.29, 0.717) is 17.4 Å². The summed E-state index contributed by atoms with van der Waals surface area (Å²) in [7, 11) is 1.52. The summed E-state index contributed by atoms with van der Waals surface area (Å²) in [5.41, 5.74) is 1.35. The summed E-state index contributed by atoms with van der Waals surface area (Å²) in [4.78, 5) is 19.8. The second-order valence-electron chi connectivity index (χ2n) is 9.06. The van der Waals surface area contributed by atoms with Crippen molar-refractivity contribution in [3.63, 3.8) is 0 Å². The molecule has 3 aromatic rings. The van der Waals surface area contributed by atoms with Gasteiger partial charge in [0.2, 0.25) is 5.95 Å². The van der Waals surface area contributed by atoms with Gasteiger partial charge in [-0.15, -0.1) is 5.10 Å². The molecule has 3 aromatic heterocycles. The predicted octanol–water partition coefficient (Wildman–Crippen LogP) is 2.57. The zero-order chi connectivity index (χ0) is 23.5. The van der Waals surface area contributed by atoms with Crippen LogP contribution >= 0.6 is 0 Å². The third-order valence-corrected chi connectivity index (χ3v) is 6.48. The summed E-state index contributed by atoms with van der Waals surface area (Å²) in [6, 6.07) is 3.32. The molecule has 2 atom stereocenters. The average Bonchev–Trinajstić information content (AvgIpc) is 3.11. The first-order valence-electron chi connectivity index (χ1n) is 10.8. The summed E-state index contributed by atoms with van der Waals surface area (Å²) in [5, 5.41) is 14.5. The normalized spacial score (nSPS) is 22.7. The minimum atomic E-state index is -3.19. The number of nitrogens with zero attached hydrogens (tertiary/aromatic N) is 6. The molecule has 0 aromatic carbocycles. The van der Waals surface area contributed by atoms with Gasteiger partial charge < -0.3 is 15.5 Å². The van der Waals surface area contributed by atoms with Gasteiger partial charge in [-0.25, -0.2) is 9.50 Å². The molecule has 1 unspecified atom stereocenters. The van der Waals surface area contributed by atoms with Gasteiger partial charge in [0, 0.05) is 45.7 Å². The number of amides is 1. The van der Waals surface area contributed by atoms with Crippen LogP contribution < -0.4 is 15.5 Å². The van der Waals surface area contributed by atoms with E-state index in [1.54, 1.807) is 18.3 Å². The minimum Gasteiger partial charge on any atom is -0.331 e. The molecule has 11 heteroatoms. The Labute approximate surface area is 189 Å². The molecule has 174 valence electrons. The first-order chi connectivity index (χ1) is 15.6. The lowest BCUT2D eigenvalue weighted by Crippen LogP contribution is -2.55. The fraction of sp³-hybridized carbons (Fsp3) is 0.455. The van der Waals surface area contributed by atoms with E-state index in [9.17, 15) is 13.6 Å². The van der Waals surface area contributed by atoms with Gasteiger partial charge in [-0.1, -0.05) is 12.2 Å². The number of fused-ring (bicyclic) bond motifs is 1. The second kappa shape index (κ2) is 7.34. The van der Waals surface area contributed by atoms with Crippen LogP contribution in [0.15, 0.2) is 36.7 Å². The lowest BCUT2D eigenvalue weighted by atomic mass is 10.1. The molecule has 9 nitrogen and oxygen atoms in total. The van der Waals surface area contributed by atoms with Crippen molar-refractivity contribution in [2.45, 2.75) is 31.7 Å². The molecule has 2 fully saturated rings. The van der Waals surface area contributed by atoms with Gasteiger partial charge in [-0.05, 0) is 25.5 Å². The van der Waals surface area contributed by atoms with Crippen molar-refractivity contribution in [2.24, 2.45) is 13.0 Å². The van der Waals surface area contributed by atoms with Gasteiger partial charge in [-0.3, -0.25) is 9.48 Å². The van der Waals surface area contributed by atoms with E-state index in [1.807, 2.05) is 6.92 Å². The number of carbonyl (C=O) groups is 1. The highest BCUT2D eigenvalue weighted by Crippen LogP contribution is 2.53. The molecule has 2 N–H and O–H groups in total. The Morgan fingerprint density at radius 2 is 2.15 bits per heavy atom. The summed E-state index contributed by atoms with van der Waals surface area (Å²) < 4.78 is 30.6. The number of aryl methyl sites for hydroxylation is 1. The maximum absolute atomic E-state index is 13.9. The average molecular weight is 457 g/mol. The number of hydrogen-bond donors (Lipinski definition) is 2. The first kappa shape index (κ1) is 21.5. The topological polar surface area (TPSA) is 92.4 Å². The highest BCUT2D eigenvalue weighted by molar-refractivity contribution is 6.04. The molecule has 1 aliphatic heterocycles. The van der Waals surface area contributed by atoms with Crippen LogP contribution in [0.25, 0.3) is 5.52 Å². The monoisotopic (exact) mass is 456 g/mol. The van der Waals surface area contributed by atoms with E-state index in [4.69, 9.17) is 0 Å². The molecule has 4 heterocycles. The third kappa shape index (κ3) is 3.56. The van der Waals surface area contributed by atoms with Crippen molar-refractivity contribution in [3.8, 4) is 0 Å². The Hall–Kier alpha value is -3.34. The Morgan fingerprint density at radius 3 is 2.85 bits per heavy atom. The van der Waals surface area contributed by atoms with Crippen LogP contribution in [-0.2, 0) is 13.0 Å². The van der Waals surface area contributed by atoms with Gasteiger partial charge in [0.1, 0.15) is 5.69 Å². The number of nitrogens with one attached hydrogen (secondary N) is 2. The van der Waals surface area contributed by atoms with Crippen molar-refractivity contribution in [2.75, 3.05) is 29.9 Å². The van der Waals surface area contributed by atoms with E-state index in [0.717, 1.165) is 38.6 Å². The Balaban J connectivity index is 1.47. The summed E-state index contributed by atoms with van der Waals surface area (Å²) in [5.74, 6) is -2.86. The SMILES string of the molecule is C=C(C)C1C[C@@]12CNCCN2c1ncc2ccc(C(=O)Nc3cn(C)nc3C(C)(F)F)n2n1. The van der Waals surface area contributed by atoms with Crippen molar-refractivity contribution in [1.82, 2.24) is 29.7 Å². The zero-order valence-electron chi connectivity index (χ0n) is 18.8. The van der Waals surface area contributed by atoms with Crippen LogP contribution in [0.5, 0.6) is 0 Å². The molecule has 1 saturated heterocycles. The number of hydrogen-bond acceptors (Lipinski definition) is 6. The fourth-order valence-electron chi connectivity index (χ4n) is 4.81. The third-order valence-electron chi connectivity index (χ3n) is 6.48. The molecule has 1 amide bonds. The van der Waals surface area contributed by atoms with Crippen molar-refractivity contribution >= 4 is 23.1 Å². The van der Waals surface area contributed by atoms with Gasteiger partial charge >= 0.3 is 0 Å². The van der Waals surface area contributed by atoms with Gasteiger partial charge in [0.25, 0.3) is 11.8 Å². The van der Waals surface area contributed by atoms with Crippen molar-refractivity contribution in [1.29, 1.82) is 0 Å². The van der Waals surface area contributed by atoms with Crippen LogP contribution in [-0.4, -0.2) is 55.5 Å². The lowest BCUT2D eigenvalue weighted by Gasteiger charge is -2.38. The Kier molecular flexibility index (Phi) is 4.78. The van der Waals surface area contributed by atoms with Crippen molar-refractivity contribution in [3.05, 3.63) is 48.1 Å². The van der Waals surface area contributed by atoms with Gasteiger partial charge in [0.05, 0.1) is 22.9 Å². The maximum Gasteiger partial charge on any atom is 0.290 e. The number of rotatable bonds is 5. The number of piperazine rings is 1. The Bertz CT molecular complexity index is 1260. The fourth-order valence-corrected chi connectivity index (χ4v) is 4.81. The van der Waals surface area contributed by atoms with E-state index >= 15 is 0 Å². The molecule has 2 aliphatic rings. The summed E-state index contributed by atoms with van der Waals surface area (Å²) in [6.45, 7) is 9.28. The maximum atomic E-state index is 13.9. The number of aromatic nitrogens is 5. The molecular weight excluding hydrogens is 430 g/mol. The molecule has 0 radical (unpaired) electrons. The second-order valence-corrected chi connectivity index (χ2v) is 9.06. The number of carbonyl (C=O) groups excluding carboxylic acids is 1. The number of halogens is 2. The van der Waals surface area contributed by atoms with Crippen LogP contribution in [0.3, 0.4) is 0 Å². The highest BCUT2D eigenvalue weighted by Gasteiger charge is 2.60. The predicted molar refractivity (Wildman–Crippen MR) is 120 cm³/mol. The Morgan fingerprint density at radius 1 is 1.36 bits per heavy atom. The van der Waals surface area contributed by atoms with E-state index in [2.05, 4.69) is 37.3 Å². The van der Waals surface area contributed by atoms with Crippen LogP contribution in [0, 0.1) is 5.92 Å². The smallest absolute Gasteiger partial charge is 0.290 e. The zero-order valence-corrected chi connectivity index (χ0v) is 18.8. The quantitative estimate of drug-likeness (QED) is 0.574. The molecule has 1 saturated carbocycles. The molecule has 33 heavy (non-hydrogen) atoms. The minimum absolute atomic E-state index is 0.0393. The summed E-state index contributed by atoms with van der Waals surface area (Å²) in [6.07, 6.45) is 4.00. The molecule has 5 rings (SSSR count). The summed E-state index contributed by atoms with van der Waals surface area (Å²) >= 11 is 0. The number of alkyl halides is 2. The van der Waals surface area contributed by atoms with E-state index in [-0.39, 0.29) is 16.9 Å². The standard InChI is InChI=1S/C22H26F2N8O/c1-13(2)15-9-22(15)12-25-7-8-31(22)20-26-10-14-5-6-17(32(14)29-20)19(33)27-16-11-30(4)28-18(16)21(3,23)24/h5-6,10-11,15,25H,1,7-9,12H2,2-4H3,(H,27,33)/t15?,22-/m1/s1. The largest absolute Gasteiger partial charge is 0.331 e. The van der Waals surface area contributed by atoms with Crippen molar-refractivity contribution < 1.29 is 13.6 Å². The number of anilines is 2. The molecular formula is C22H26F2N8O. The van der Waals surface area contributed by atoms with Crippen LogP contribution in [0.2, 0.25) is 0 Å². The van der Waals surface area contributed by atoms with Gasteiger partial charge in [0.15, 0.2) is 5.69 Å².